The van der Waals surface area contributed by atoms with Crippen molar-refractivity contribution < 1.29 is 18.3 Å². The molecule has 1 N–H and O–H groups in total. The molecule has 5 heteroatoms. The molecule has 0 spiro atoms. The zero-order valence-corrected chi connectivity index (χ0v) is 10.2. The molecule has 1 aromatic rings. The van der Waals surface area contributed by atoms with Gasteiger partial charge in [-0.05, 0) is 36.6 Å². The first-order valence-corrected chi connectivity index (χ1v) is 5.29. The average molecular weight is 265 g/mol. The molecule has 0 aliphatic heterocycles. The van der Waals surface area contributed by atoms with Gasteiger partial charge in [0.1, 0.15) is 0 Å². The van der Waals surface area contributed by atoms with Crippen LogP contribution in [0.2, 0.25) is 5.02 Å². The molecule has 17 heavy (non-hydrogen) atoms. The molecule has 0 aromatic heterocycles. The van der Waals surface area contributed by atoms with E-state index in [1.165, 1.54) is 25.1 Å². The predicted molar refractivity (Wildman–Crippen MR) is 61.9 cm³/mol. The van der Waals surface area contributed by atoms with Crippen molar-refractivity contribution in [3.05, 3.63) is 39.4 Å². The molecule has 0 heterocycles. The van der Waals surface area contributed by atoms with Gasteiger partial charge < -0.3 is 5.11 Å². The third kappa shape index (κ3) is 3.23. The van der Waals surface area contributed by atoms with Crippen molar-refractivity contribution in [1.82, 2.24) is 0 Å². The van der Waals surface area contributed by atoms with Gasteiger partial charge >= 0.3 is 6.18 Å². The highest BCUT2D eigenvalue weighted by Crippen LogP contribution is 2.38. The summed E-state index contributed by atoms with van der Waals surface area (Å²) in [5.41, 5.74) is 0.244. The average Bonchev–Trinajstić information content (AvgIpc) is 2.20. The largest absolute Gasteiger partial charge is 0.418 e. The molecule has 0 radical (unpaired) electrons. The Morgan fingerprint density at radius 1 is 1.41 bits per heavy atom. The lowest BCUT2D eigenvalue weighted by molar-refractivity contribution is -0.137. The topological polar surface area (TPSA) is 20.2 Å². The Morgan fingerprint density at radius 2 is 2.00 bits per heavy atom. The van der Waals surface area contributed by atoms with Crippen molar-refractivity contribution in [1.29, 1.82) is 0 Å². The summed E-state index contributed by atoms with van der Waals surface area (Å²) in [6.45, 7) is 2.82. The van der Waals surface area contributed by atoms with Crippen molar-refractivity contribution in [2.24, 2.45) is 0 Å². The second-order valence-corrected chi connectivity index (χ2v) is 4.19. The first-order valence-electron chi connectivity index (χ1n) is 4.91. The van der Waals surface area contributed by atoms with Gasteiger partial charge in [0, 0.05) is 0 Å². The fourth-order valence-corrected chi connectivity index (χ4v) is 1.82. The van der Waals surface area contributed by atoms with E-state index in [0.29, 0.717) is 11.1 Å². The molecule has 1 rings (SSSR count). The van der Waals surface area contributed by atoms with Gasteiger partial charge in [0.15, 0.2) is 0 Å². The third-order valence-corrected chi connectivity index (χ3v) is 2.71. The van der Waals surface area contributed by atoms with E-state index in [1.54, 1.807) is 6.92 Å². The monoisotopic (exact) mass is 264 g/mol. The molecule has 0 aliphatic carbocycles. The van der Waals surface area contributed by atoms with Gasteiger partial charge in [-0.3, -0.25) is 0 Å². The summed E-state index contributed by atoms with van der Waals surface area (Å²) in [6.07, 6.45) is -2.96. The molecule has 0 aliphatic rings. The van der Waals surface area contributed by atoms with Crippen molar-refractivity contribution in [3.8, 4) is 0 Å². The molecule has 0 saturated heterocycles. The Bertz CT molecular complexity index is 450. The van der Waals surface area contributed by atoms with Gasteiger partial charge in [-0.15, -0.1) is 0 Å². The molecule has 0 fully saturated rings. The quantitative estimate of drug-likeness (QED) is 0.854. The van der Waals surface area contributed by atoms with Crippen LogP contribution in [0.1, 0.15) is 23.6 Å². The van der Waals surface area contributed by atoms with E-state index in [9.17, 15) is 13.2 Å². The maximum absolute atomic E-state index is 12.8. The Balaban J connectivity index is 3.39. The van der Waals surface area contributed by atoms with Crippen LogP contribution in [0.15, 0.2) is 17.7 Å². The third-order valence-electron chi connectivity index (χ3n) is 2.39. The molecule has 0 amide bonds. The highest BCUT2D eigenvalue weighted by atomic mass is 35.5. The van der Waals surface area contributed by atoms with E-state index in [0.717, 1.165) is 0 Å². The molecule has 0 bridgehead atoms. The number of halogens is 4. The van der Waals surface area contributed by atoms with Crippen LogP contribution in [0, 0.1) is 6.92 Å². The van der Waals surface area contributed by atoms with E-state index in [-0.39, 0.29) is 17.2 Å². The maximum Gasteiger partial charge on any atom is 0.418 e. The molecule has 0 atom stereocenters. The van der Waals surface area contributed by atoms with Crippen LogP contribution in [0.25, 0.3) is 6.08 Å². The number of benzene rings is 1. The Labute approximate surface area is 103 Å². The second kappa shape index (κ2) is 5.10. The standard InChI is InChI=1S/C12H12ClF3O/c1-7(6-17)5-9-3-4-10(13)11(8(9)2)12(14,15)16/h3-5,17H,6H2,1-2H3. The van der Waals surface area contributed by atoms with Gasteiger partial charge in [-0.2, -0.15) is 13.2 Å². The number of hydrogen-bond acceptors (Lipinski definition) is 1. The van der Waals surface area contributed by atoms with Crippen molar-refractivity contribution in [2.75, 3.05) is 6.61 Å². The summed E-state index contributed by atoms with van der Waals surface area (Å²) in [4.78, 5) is 0. The number of aliphatic hydroxyl groups excluding tert-OH is 1. The highest BCUT2D eigenvalue weighted by molar-refractivity contribution is 6.31. The first-order chi connectivity index (χ1) is 7.77. The summed E-state index contributed by atoms with van der Waals surface area (Å²) < 4.78 is 38.3. The Morgan fingerprint density at radius 3 is 2.47 bits per heavy atom. The molecular weight excluding hydrogens is 253 g/mol. The molecule has 1 aromatic carbocycles. The van der Waals surface area contributed by atoms with E-state index in [1.807, 2.05) is 0 Å². The van der Waals surface area contributed by atoms with Crippen LogP contribution in [0.5, 0.6) is 0 Å². The van der Waals surface area contributed by atoms with Crippen LogP contribution in [-0.2, 0) is 6.18 Å². The zero-order valence-electron chi connectivity index (χ0n) is 9.40. The van der Waals surface area contributed by atoms with Crippen LogP contribution in [0.4, 0.5) is 13.2 Å². The normalized spacial score (nSPS) is 13.0. The van der Waals surface area contributed by atoms with Gasteiger partial charge in [0.25, 0.3) is 0 Å². The molecular formula is C12H12ClF3O. The van der Waals surface area contributed by atoms with Crippen molar-refractivity contribution in [2.45, 2.75) is 20.0 Å². The second-order valence-electron chi connectivity index (χ2n) is 3.78. The van der Waals surface area contributed by atoms with Crippen LogP contribution >= 0.6 is 11.6 Å². The van der Waals surface area contributed by atoms with E-state index in [2.05, 4.69) is 0 Å². The lowest BCUT2D eigenvalue weighted by Gasteiger charge is -2.14. The van der Waals surface area contributed by atoms with Crippen molar-refractivity contribution >= 4 is 17.7 Å². The maximum atomic E-state index is 12.8. The van der Waals surface area contributed by atoms with Gasteiger partial charge in [-0.1, -0.05) is 23.7 Å². The minimum absolute atomic E-state index is 0.0674. The van der Waals surface area contributed by atoms with E-state index >= 15 is 0 Å². The Hall–Kier alpha value is -1.00. The van der Waals surface area contributed by atoms with Gasteiger partial charge in [-0.25, -0.2) is 0 Å². The molecule has 0 unspecified atom stereocenters. The van der Waals surface area contributed by atoms with Crippen molar-refractivity contribution in [3.63, 3.8) is 0 Å². The summed E-state index contributed by atoms with van der Waals surface area (Å²) in [5.74, 6) is 0. The predicted octanol–water partition coefficient (Wildman–Crippen LogP) is 4.06. The van der Waals surface area contributed by atoms with Gasteiger partial charge in [0.05, 0.1) is 17.2 Å². The Kier molecular flexibility index (Phi) is 4.22. The van der Waals surface area contributed by atoms with E-state index in [4.69, 9.17) is 16.7 Å². The fraction of sp³-hybridized carbons (Fsp3) is 0.333. The number of hydrogen-bond donors (Lipinski definition) is 1. The number of aliphatic hydroxyl groups is 1. The number of rotatable bonds is 2. The lowest BCUT2D eigenvalue weighted by atomic mass is 10.00. The fourth-order valence-electron chi connectivity index (χ4n) is 1.51. The van der Waals surface area contributed by atoms with E-state index < -0.39 is 11.7 Å². The van der Waals surface area contributed by atoms with Crippen LogP contribution in [-0.4, -0.2) is 11.7 Å². The van der Waals surface area contributed by atoms with Crippen LogP contribution in [0.3, 0.4) is 0 Å². The minimum Gasteiger partial charge on any atom is -0.392 e. The smallest absolute Gasteiger partial charge is 0.392 e. The SMILES string of the molecule is CC(=Cc1ccc(Cl)c(C(F)(F)F)c1C)CO. The van der Waals surface area contributed by atoms with Gasteiger partial charge in [0.2, 0.25) is 0 Å². The summed E-state index contributed by atoms with van der Waals surface area (Å²) in [6, 6.07) is 2.72. The molecule has 1 nitrogen and oxygen atoms in total. The summed E-state index contributed by atoms with van der Waals surface area (Å²) in [5, 5.41) is 8.54. The lowest BCUT2D eigenvalue weighted by Crippen LogP contribution is -2.09. The van der Waals surface area contributed by atoms with Crippen LogP contribution < -0.4 is 0 Å². The minimum atomic E-state index is -4.47. The summed E-state index contributed by atoms with van der Waals surface area (Å²) >= 11 is 5.57. The molecule has 94 valence electrons. The first kappa shape index (κ1) is 14.1. The zero-order chi connectivity index (χ0) is 13.2. The molecule has 0 saturated carbocycles. The summed E-state index contributed by atoms with van der Waals surface area (Å²) in [7, 11) is 0. The number of alkyl halides is 3. The highest BCUT2D eigenvalue weighted by Gasteiger charge is 2.35.